The third-order valence-corrected chi connectivity index (χ3v) is 5.75. The maximum absolute atomic E-state index is 12.6. The Balaban J connectivity index is 1.51. The number of nitrogens with zero attached hydrogens (tertiary/aromatic N) is 2. The second-order valence-electron chi connectivity index (χ2n) is 9.36. The summed E-state index contributed by atoms with van der Waals surface area (Å²) >= 11 is 0. The minimum atomic E-state index is -0.532. The van der Waals surface area contributed by atoms with Crippen LogP contribution in [-0.2, 0) is 22.4 Å². The van der Waals surface area contributed by atoms with Crippen molar-refractivity contribution in [1.29, 1.82) is 0 Å². The molecule has 2 heterocycles. The van der Waals surface area contributed by atoms with Crippen molar-refractivity contribution < 1.29 is 14.3 Å². The van der Waals surface area contributed by atoms with Gasteiger partial charge in [-0.2, -0.15) is 0 Å². The zero-order chi connectivity index (χ0) is 22.0. The molecule has 6 heteroatoms. The topological polar surface area (TPSA) is 61.9 Å². The van der Waals surface area contributed by atoms with Crippen molar-refractivity contribution in [2.24, 2.45) is 0 Å². The number of carbonyl (C=O) groups excluding carboxylic acids is 2. The van der Waals surface area contributed by atoms with Crippen LogP contribution < -0.4 is 10.2 Å². The van der Waals surface area contributed by atoms with Crippen LogP contribution in [0.25, 0.3) is 0 Å². The predicted octanol–water partition coefficient (Wildman–Crippen LogP) is 4.24. The zero-order valence-corrected chi connectivity index (χ0v) is 18.6. The summed E-state index contributed by atoms with van der Waals surface area (Å²) in [7, 11) is 0. The third-order valence-electron chi connectivity index (χ3n) is 5.75. The molecule has 6 nitrogen and oxygen atoms in total. The highest BCUT2D eigenvalue weighted by atomic mass is 16.6. The Bertz CT molecular complexity index is 952. The van der Waals surface area contributed by atoms with E-state index < -0.39 is 5.60 Å². The first-order chi connectivity index (χ1) is 14.8. The zero-order valence-electron chi connectivity index (χ0n) is 18.6. The van der Waals surface area contributed by atoms with Gasteiger partial charge < -0.3 is 19.9 Å². The minimum absolute atomic E-state index is 0.0168. The molecule has 0 aromatic heterocycles. The van der Waals surface area contributed by atoms with Crippen molar-refractivity contribution in [3.05, 3.63) is 59.7 Å². The van der Waals surface area contributed by atoms with E-state index >= 15 is 0 Å². The molecule has 2 aromatic rings. The molecular weight excluding hydrogens is 390 g/mol. The van der Waals surface area contributed by atoms with Gasteiger partial charge in [0.2, 0.25) is 5.91 Å². The number of anilines is 2. The van der Waals surface area contributed by atoms with Crippen molar-refractivity contribution >= 4 is 23.4 Å². The number of rotatable bonds is 3. The molecule has 31 heavy (non-hydrogen) atoms. The second-order valence-corrected chi connectivity index (χ2v) is 9.36. The van der Waals surface area contributed by atoms with Crippen LogP contribution in [0.2, 0.25) is 0 Å². The van der Waals surface area contributed by atoms with Crippen LogP contribution in [0, 0.1) is 0 Å². The van der Waals surface area contributed by atoms with E-state index in [-0.39, 0.29) is 18.0 Å². The van der Waals surface area contributed by atoms with E-state index in [0.717, 1.165) is 24.2 Å². The van der Waals surface area contributed by atoms with Gasteiger partial charge in [0.15, 0.2) is 0 Å². The van der Waals surface area contributed by atoms with Crippen molar-refractivity contribution in [2.75, 3.05) is 29.9 Å². The molecule has 1 saturated heterocycles. The number of piperazine rings is 1. The summed E-state index contributed by atoms with van der Waals surface area (Å²) in [6.45, 7) is 7.34. The summed E-state index contributed by atoms with van der Waals surface area (Å²) in [5.74, 6) is -0.0168. The third kappa shape index (κ3) is 5.19. The lowest BCUT2D eigenvalue weighted by molar-refractivity contribution is -0.116. The van der Waals surface area contributed by atoms with Gasteiger partial charge in [0.25, 0.3) is 0 Å². The van der Waals surface area contributed by atoms with Crippen LogP contribution in [0.15, 0.2) is 48.5 Å². The lowest BCUT2D eigenvalue weighted by Gasteiger charge is -2.42. The molecule has 4 rings (SSSR count). The first-order valence-corrected chi connectivity index (χ1v) is 11.0. The van der Waals surface area contributed by atoms with E-state index in [9.17, 15) is 9.59 Å². The normalized spacial score (nSPS) is 18.5. The Morgan fingerprint density at radius 1 is 1.06 bits per heavy atom. The number of hydrogen-bond donors (Lipinski definition) is 1. The monoisotopic (exact) mass is 421 g/mol. The largest absolute Gasteiger partial charge is 0.444 e. The lowest BCUT2D eigenvalue weighted by Crippen LogP contribution is -2.56. The van der Waals surface area contributed by atoms with Crippen molar-refractivity contribution in [1.82, 2.24) is 4.90 Å². The smallest absolute Gasteiger partial charge is 0.410 e. The quantitative estimate of drug-likeness (QED) is 0.805. The first kappa shape index (κ1) is 21.2. The summed E-state index contributed by atoms with van der Waals surface area (Å²) in [4.78, 5) is 29.1. The highest BCUT2D eigenvalue weighted by Crippen LogP contribution is 2.34. The molecule has 1 atom stereocenters. The van der Waals surface area contributed by atoms with Crippen molar-refractivity contribution in [3.63, 3.8) is 0 Å². The van der Waals surface area contributed by atoms with Crippen LogP contribution in [0.3, 0.4) is 0 Å². The molecule has 0 spiro atoms. The fourth-order valence-corrected chi connectivity index (χ4v) is 4.26. The summed E-state index contributed by atoms with van der Waals surface area (Å²) < 4.78 is 5.55. The molecule has 164 valence electrons. The second kappa shape index (κ2) is 8.61. The van der Waals surface area contributed by atoms with Crippen LogP contribution >= 0.6 is 0 Å². The van der Waals surface area contributed by atoms with Crippen LogP contribution in [0.5, 0.6) is 0 Å². The number of fused-ring (bicyclic) bond motifs is 3. The van der Waals surface area contributed by atoms with Gasteiger partial charge in [-0.25, -0.2) is 4.79 Å². The highest BCUT2D eigenvalue weighted by molar-refractivity contribution is 5.97. The Hall–Kier alpha value is -3.02. The van der Waals surface area contributed by atoms with E-state index in [2.05, 4.69) is 46.6 Å². The first-order valence-electron chi connectivity index (χ1n) is 11.0. The fraction of sp³-hybridized carbons (Fsp3) is 0.440. The molecule has 1 unspecified atom stereocenters. The molecule has 1 fully saturated rings. The predicted molar refractivity (Wildman–Crippen MR) is 122 cm³/mol. The molecule has 2 aliphatic heterocycles. The molecule has 0 saturated carbocycles. The van der Waals surface area contributed by atoms with Gasteiger partial charge in [0.05, 0.1) is 17.4 Å². The molecule has 2 aliphatic rings. The van der Waals surface area contributed by atoms with Crippen molar-refractivity contribution in [3.8, 4) is 0 Å². The van der Waals surface area contributed by atoms with Gasteiger partial charge in [0, 0.05) is 26.1 Å². The van der Waals surface area contributed by atoms with E-state index in [0.29, 0.717) is 26.1 Å². The average Bonchev–Trinajstić information content (AvgIpc) is 2.86. The summed E-state index contributed by atoms with van der Waals surface area (Å²) in [5, 5.41) is 3.05. The van der Waals surface area contributed by atoms with E-state index in [1.807, 2.05) is 32.9 Å². The standard InChI is InChI=1S/C25H31N3O3/c1-25(2,3)31-24(30)27-13-14-28-20(17-27)16-23(29)26-21-12-11-19(15-22(21)28)10-9-18-7-5-4-6-8-18/h4-8,11-12,15,20H,9-10,13-14,16-17H2,1-3H3,(H,26,29). The van der Waals surface area contributed by atoms with Gasteiger partial charge in [-0.3, -0.25) is 4.79 Å². The SMILES string of the molecule is CC(C)(C)OC(=O)N1CCN2c3cc(CCc4ccccc4)ccc3NC(=O)CC2C1. The number of aryl methyl sites for hydroxylation is 2. The van der Waals surface area contributed by atoms with Gasteiger partial charge in [-0.1, -0.05) is 36.4 Å². The van der Waals surface area contributed by atoms with Crippen LogP contribution in [0.1, 0.15) is 38.3 Å². The summed E-state index contributed by atoms with van der Waals surface area (Å²) in [6.07, 6.45) is 1.96. The number of amides is 2. The summed E-state index contributed by atoms with van der Waals surface area (Å²) in [6, 6.07) is 16.7. The van der Waals surface area contributed by atoms with Gasteiger partial charge >= 0.3 is 6.09 Å². The van der Waals surface area contributed by atoms with E-state index in [1.54, 1.807) is 4.90 Å². The summed E-state index contributed by atoms with van der Waals surface area (Å²) in [5.41, 5.74) is 3.92. The molecule has 1 N–H and O–H groups in total. The molecule has 0 radical (unpaired) electrons. The Morgan fingerprint density at radius 2 is 1.81 bits per heavy atom. The molecule has 2 amide bonds. The fourth-order valence-electron chi connectivity index (χ4n) is 4.26. The van der Waals surface area contributed by atoms with Gasteiger partial charge in [0.1, 0.15) is 5.60 Å². The molecule has 2 aromatic carbocycles. The van der Waals surface area contributed by atoms with Crippen LogP contribution in [0.4, 0.5) is 16.2 Å². The Morgan fingerprint density at radius 3 is 2.55 bits per heavy atom. The van der Waals surface area contributed by atoms with Crippen molar-refractivity contribution in [2.45, 2.75) is 51.7 Å². The van der Waals surface area contributed by atoms with Gasteiger partial charge in [-0.05, 0) is 56.9 Å². The molecule has 0 bridgehead atoms. The number of hydrogen-bond acceptors (Lipinski definition) is 4. The minimum Gasteiger partial charge on any atom is -0.444 e. The maximum Gasteiger partial charge on any atom is 0.410 e. The van der Waals surface area contributed by atoms with E-state index in [4.69, 9.17) is 4.74 Å². The molecular formula is C25H31N3O3. The number of carbonyl (C=O) groups is 2. The number of nitrogens with one attached hydrogen (secondary N) is 1. The average molecular weight is 422 g/mol. The lowest BCUT2D eigenvalue weighted by atomic mass is 10.0. The Labute approximate surface area is 184 Å². The number of ether oxygens (including phenoxy) is 1. The Kier molecular flexibility index (Phi) is 5.90. The van der Waals surface area contributed by atoms with E-state index in [1.165, 1.54) is 11.1 Å². The number of benzene rings is 2. The maximum atomic E-state index is 12.6. The van der Waals surface area contributed by atoms with Gasteiger partial charge in [-0.15, -0.1) is 0 Å². The molecule has 0 aliphatic carbocycles. The van der Waals surface area contributed by atoms with Crippen LogP contribution in [-0.4, -0.2) is 48.2 Å². The highest BCUT2D eigenvalue weighted by Gasteiger charge is 2.36.